The fourth-order valence-corrected chi connectivity index (χ4v) is 2.81. The van der Waals surface area contributed by atoms with Crippen LogP contribution >= 0.6 is 0 Å². The maximum absolute atomic E-state index is 12.8. The third-order valence-corrected chi connectivity index (χ3v) is 4.06. The van der Waals surface area contributed by atoms with Crippen molar-refractivity contribution < 1.29 is 19.0 Å². The highest BCUT2D eigenvalue weighted by atomic mass is 16.7. The summed E-state index contributed by atoms with van der Waals surface area (Å²) >= 11 is 0. The summed E-state index contributed by atoms with van der Waals surface area (Å²) in [6.45, 7) is 7.63. The van der Waals surface area contributed by atoms with Gasteiger partial charge in [-0.2, -0.15) is 0 Å². The highest BCUT2D eigenvalue weighted by Crippen LogP contribution is 2.33. The van der Waals surface area contributed by atoms with Crippen molar-refractivity contribution in [2.75, 3.05) is 13.4 Å². The van der Waals surface area contributed by atoms with Crippen molar-refractivity contribution in [3.05, 3.63) is 23.8 Å². The average Bonchev–Trinajstić information content (AvgIpc) is 3.13. The molecule has 0 aliphatic carbocycles. The molecule has 0 radical (unpaired) electrons. The summed E-state index contributed by atoms with van der Waals surface area (Å²) in [6.07, 6.45) is 1.47. The molecule has 2 heterocycles. The average molecular weight is 305 g/mol. The quantitative estimate of drug-likeness (QED) is 0.861. The number of ether oxygens (including phenoxy) is 3. The van der Waals surface area contributed by atoms with E-state index in [0.717, 1.165) is 29.9 Å². The highest BCUT2D eigenvalue weighted by Gasteiger charge is 2.34. The van der Waals surface area contributed by atoms with Gasteiger partial charge >= 0.3 is 0 Å². The standard InChI is InChI=1S/C17H23NO4/c1-17(2,3)18(16(19)14-5-4-8-20-14)10-12-6-7-13-15(9-12)22-11-21-13/h6-7,9,14H,4-5,8,10-11H2,1-3H3/t14-/m0/s1. The molecular weight excluding hydrogens is 282 g/mol. The monoisotopic (exact) mass is 305 g/mol. The second-order valence-electron chi connectivity index (χ2n) is 6.78. The van der Waals surface area contributed by atoms with Gasteiger partial charge in [0.25, 0.3) is 5.91 Å². The largest absolute Gasteiger partial charge is 0.454 e. The normalized spacial score (nSPS) is 20.2. The van der Waals surface area contributed by atoms with E-state index in [4.69, 9.17) is 14.2 Å². The first-order chi connectivity index (χ1) is 10.4. The van der Waals surface area contributed by atoms with Crippen LogP contribution in [-0.2, 0) is 16.1 Å². The second kappa shape index (κ2) is 5.80. The molecule has 0 N–H and O–H groups in total. The molecular formula is C17H23NO4. The fourth-order valence-electron chi connectivity index (χ4n) is 2.81. The summed E-state index contributed by atoms with van der Waals surface area (Å²) in [5.74, 6) is 1.58. The van der Waals surface area contributed by atoms with E-state index in [1.54, 1.807) is 0 Å². The third kappa shape index (κ3) is 3.04. The van der Waals surface area contributed by atoms with Gasteiger partial charge in [0.05, 0.1) is 0 Å². The molecule has 1 aromatic rings. The summed E-state index contributed by atoms with van der Waals surface area (Å²) in [5, 5.41) is 0. The Kier molecular flexibility index (Phi) is 4.00. The molecule has 0 aromatic heterocycles. The van der Waals surface area contributed by atoms with Gasteiger partial charge in [0, 0.05) is 18.7 Å². The summed E-state index contributed by atoms with van der Waals surface area (Å²) in [5.41, 5.74) is 0.768. The number of hydrogen-bond acceptors (Lipinski definition) is 4. The lowest BCUT2D eigenvalue weighted by atomic mass is 10.0. The van der Waals surface area contributed by atoms with Crippen molar-refractivity contribution in [1.29, 1.82) is 0 Å². The number of rotatable bonds is 3. The van der Waals surface area contributed by atoms with E-state index in [9.17, 15) is 4.79 Å². The van der Waals surface area contributed by atoms with E-state index >= 15 is 0 Å². The molecule has 1 amide bonds. The van der Waals surface area contributed by atoms with Crippen molar-refractivity contribution in [3.63, 3.8) is 0 Å². The van der Waals surface area contributed by atoms with Crippen molar-refractivity contribution in [2.24, 2.45) is 0 Å². The van der Waals surface area contributed by atoms with E-state index < -0.39 is 0 Å². The molecule has 0 unspecified atom stereocenters. The smallest absolute Gasteiger partial charge is 0.252 e. The molecule has 2 aliphatic heterocycles. The van der Waals surface area contributed by atoms with Crippen LogP contribution in [0.5, 0.6) is 11.5 Å². The lowest BCUT2D eigenvalue weighted by Gasteiger charge is -2.37. The van der Waals surface area contributed by atoms with Crippen LogP contribution in [0, 0.1) is 0 Å². The van der Waals surface area contributed by atoms with E-state index in [0.29, 0.717) is 13.2 Å². The molecule has 0 bridgehead atoms. The summed E-state index contributed by atoms with van der Waals surface area (Å²) in [4.78, 5) is 14.7. The zero-order valence-electron chi connectivity index (χ0n) is 13.4. The maximum Gasteiger partial charge on any atom is 0.252 e. The highest BCUT2D eigenvalue weighted by molar-refractivity contribution is 5.81. The Labute approximate surface area is 131 Å². The van der Waals surface area contributed by atoms with Crippen molar-refractivity contribution in [3.8, 4) is 11.5 Å². The number of nitrogens with zero attached hydrogens (tertiary/aromatic N) is 1. The molecule has 1 saturated heterocycles. The van der Waals surface area contributed by atoms with Crippen LogP contribution in [0.25, 0.3) is 0 Å². The van der Waals surface area contributed by atoms with Gasteiger partial charge in [-0.3, -0.25) is 4.79 Å². The lowest BCUT2D eigenvalue weighted by Crippen LogP contribution is -2.49. The van der Waals surface area contributed by atoms with Crippen LogP contribution in [-0.4, -0.2) is 35.8 Å². The topological polar surface area (TPSA) is 48.0 Å². The van der Waals surface area contributed by atoms with Crippen LogP contribution < -0.4 is 9.47 Å². The fraction of sp³-hybridized carbons (Fsp3) is 0.588. The van der Waals surface area contributed by atoms with Crippen molar-refractivity contribution in [1.82, 2.24) is 4.90 Å². The summed E-state index contributed by atoms with van der Waals surface area (Å²) < 4.78 is 16.3. The number of carbonyl (C=O) groups excluding carboxylic acids is 1. The van der Waals surface area contributed by atoms with Gasteiger partial charge in [-0.05, 0) is 51.3 Å². The third-order valence-electron chi connectivity index (χ3n) is 4.06. The summed E-state index contributed by atoms with van der Waals surface area (Å²) in [7, 11) is 0. The molecule has 1 aromatic carbocycles. The molecule has 2 aliphatic rings. The Balaban J connectivity index is 1.79. The van der Waals surface area contributed by atoms with Crippen LogP contribution in [0.2, 0.25) is 0 Å². The minimum absolute atomic E-state index is 0.0719. The van der Waals surface area contributed by atoms with Crippen LogP contribution in [0.3, 0.4) is 0 Å². The first-order valence-corrected chi connectivity index (χ1v) is 7.77. The minimum atomic E-state index is -0.298. The molecule has 0 saturated carbocycles. The first-order valence-electron chi connectivity index (χ1n) is 7.77. The van der Waals surface area contributed by atoms with Crippen LogP contribution in [0.1, 0.15) is 39.2 Å². The number of benzene rings is 1. The van der Waals surface area contributed by atoms with Gasteiger partial charge in [0.2, 0.25) is 6.79 Å². The van der Waals surface area contributed by atoms with Gasteiger partial charge < -0.3 is 19.1 Å². The minimum Gasteiger partial charge on any atom is -0.454 e. The second-order valence-corrected chi connectivity index (χ2v) is 6.78. The molecule has 5 nitrogen and oxygen atoms in total. The number of hydrogen-bond donors (Lipinski definition) is 0. The molecule has 22 heavy (non-hydrogen) atoms. The summed E-state index contributed by atoms with van der Waals surface area (Å²) in [6, 6.07) is 5.83. The van der Waals surface area contributed by atoms with Gasteiger partial charge in [0.1, 0.15) is 6.10 Å². The van der Waals surface area contributed by atoms with Gasteiger partial charge in [-0.1, -0.05) is 6.07 Å². The van der Waals surface area contributed by atoms with Gasteiger partial charge in [-0.25, -0.2) is 0 Å². The SMILES string of the molecule is CC(C)(C)N(Cc1ccc2c(c1)OCO2)C(=O)[C@@H]1CCCO1. The number of fused-ring (bicyclic) bond motifs is 1. The molecule has 1 fully saturated rings. The molecule has 3 rings (SSSR count). The van der Waals surface area contributed by atoms with Crippen LogP contribution in [0.4, 0.5) is 0 Å². The van der Waals surface area contributed by atoms with Gasteiger partial charge in [-0.15, -0.1) is 0 Å². The van der Waals surface area contributed by atoms with E-state index in [-0.39, 0.29) is 24.3 Å². The molecule has 0 spiro atoms. The Morgan fingerprint density at radius 3 is 2.73 bits per heavy atom. The van der Waals surface area contributed by atoms with Crippen LogP contribution in [0.15, 0.2) is 18.2 Å². The predicted molar refractivity (Wildman–Crippen MR) is 81.8 cm³/mol. The Hall–Kier alpha value is -1.75. The lowest BCUT2D eigenvalue weighted by molar-refractivity contribution is -0.146. The van der Waals surface area contributed by atoms with Crippen molar-refractivity contribution in [2.45, 2.75) is 51.8 Å². The molecule has 1 atom stereocenters. The Morgan fingerprint density at radius 2 is 2.05 bits per heavy atom. The first kappa shape index (κ1) is 15.2. The molecule has 5 heteroatoms. The van der Waals surface area contributed by atoms with E-state index in [2.05, 4.69) is 0 Å². The molecule has 120 valence electrons. The predicted octanol–water partition coefficient (Wildman–Crippen LogP) is 2.72. The Morgan fingerprint density at radius 1 is 1.27 bits per heavy atom. The van der Waals surface area contributed by atoms with Gasteiger partial charge in [0.15, 0.2) is 11.5 Å². The van der Waals surface area contributed by atoms with E-state index in [1.807, 2.05) is 43.9 Å². The number of amides is 1. The van der Waals surface area contributed by atoms with E-state index in [1.165, 1.54) is 0 Å². The Bertz CT molecular complexity index is 558. The maximum atomic E-state index is 12.8. The zero-order valence-corrected chi connectivity index (χ0v) is 13.4. The zero-order chi connectivity index (χ0) is 15.7. The van der Waals surface area contributed by atoms with Crippen molar-refractivity contribution >= 4 is 5.91 Å². The number of carbonyl (C=O) groups is 1.